The zero-order valence-electron chi connectivity index (χ0n) is 19.2. The lowest BCUT2D eigenvalue weighted by Gasteiger charge is -2.36. The molecule has 6 nitrogen and oxygen atoms in total. The van der Waals surface area contributed by atoms with Crippen LogP contribution in [0.2, 0.25) is 5.02 Å². The third-order valence-electron chi connectivity index (χ3n) is 5.82. The van der Waals surface area contributed by atoms with Crippen molar-refractivity contribution in [2.24, 2.45) is 0 Å². The molecule has 35 heavy (non-hydrogen) atoms. The van der Waals surface area contributed by atoms with Crippen molar-refractivity contribution in [3.8, 4) is 0 Å². The molecule has 0 atom stereocenters. The molecule has 3 aromatic rings. The monoisotopic (exact) mass is 519 g/mol. The Kier molecular flexibility index (Phi) is 7.00. The molecule has 1 saturated heterocycles. The van der Waals surface area contributed by atoms with Gasteiger partial charge in [0.2, 0.25) is 0 Å². The van der Waals surface area contributed by atoms with Crippen molar-refractivity contribution in [3.05, 3.63) is 87.9 Å². The number of anilines is 2. The summed E-state index contributed by atoms with van der Waals surface area (Å²) in [5, 5.41) is 0.352. The lowest BCUT2D eigenvalue weighted by Crippen LogP contribution is -2.49. The summed E-state index contributed by atoms with van der Waals surface area (Å²) in [4.78, 5) is 16.2. The number of benzene rings is 3. The first-order valence-corrected chi connectivity index (χ1v) is 12.8. The highest BCUT2D eigenvalue weighted by Gasteiger charge is 2.30. The number of amides is 2. The van der Waals surface area contributed by atoms with Crippen LogP contribution in [-0.2, 0) is 16.6 Å². The fourth-order valence-electron chi connectivity index (χ4n) is 3.93. The summed E-state index contributed by atoms with van der Waals surface area (Å²) in [6.45, 7) is 4.26. The van der Waals surface area contributed by atoms with Crippen molar-refractivity contribution in [3.63, 3.8) is 0 Å². The summed E-state index contributed by atoms with van der Waals surface area (Å²) < 4.78 is 56.3. The van der Waals surface area contributed by atoms with Crippen LogP contribution in [0.1, 0.15) is 23.1 Å². The number of sulfonamides is 1. The van der Waals surface area contributed by atoms with E-state index in [-0.39, 0.29) is 23.2 Å². The first-order chi connectivity index (χ1) is 16.5. The minimum Gasteiger partial charge on any atom is -0.320 e. The van der Waals surface area contributed by atoms with Crippen molar-refractivity contribution in [2.75, 3.05) is 22.7 Å². The Hall–Kier alpha value is -3.17. The number of halogens is 3. The number of hydrogen-bond donors (Lipinski definition) is 1. The Morgan fingerprint density at radius 2 is 1.77 bits per heavy atom. The van der Waals surface area contributed by atoms with Gasteiger partial charge in [-0.05, 0) is 79.4 Å². The number of nitrogens with one attached hydrogen (secondary N) is 1. The molecule has 0 unspecified atom stereocenters. The summed E-state index contributed by atoms with van der Waals surface area (Å²) >= 11 is 6.19. The average molecular weight is 520 g/mol. The molecule has 0 aliphatic carbocycles. The number of carbonyl (C=O) groups is 1. The minimum atomic E-state index is -4.12. The molecular formula is C25H24ClF2N3O3S. The molecule has 0 saturated carbocycles. The number of rotatable bonds is 6. The topological polar surface area (TPSA) is 69.7 Å². The van der Waals surface area contributed by atoms with Crippen LogP contribution in [0, 0.1) is 25.5 Å². The fraction of sp³-hybridized carbons (Fsp3) is 0.240. The van der Waals surface area contributed by atoms with Gasteiger partial charge in [-0.2, -0.15) is 0 Å². The molecule has 0 spiro atoms. The van der Waals surface area contributed by atoms with E-state index in [0.29, 0.717) is 41.3 Å². The Balaban J connectivity index is 1.64. The molecule has 1 N–H and O–H groups in total. The summed E-state index contributed by atoms with van der Waals surface area (Å²) in [5.74, 6) is -1.08. The lowest BCUT2D eigenvalue weighted by molar-refractivity contribution is 0.192. The molecule has 0 radical (unpaired) electrons. The van der Waals surface area contributed by atoms with E-state index >= 15 is 0 Å². The number of urea groups is 1. The van der Waals surface area contributed by atoms with Gasteiger partial charge < -0.3 is 4.90 Å². The number of nitrogens with zero attached hydrogens (tertiary/aromatic N) is 2. The Labute approximate surface area is 208 Å². The second-order valence-electron chi connectivity index (χ2n) is 8.48. The second kappa shape index (κ2) is 9.83. The molecule has 1 heterocycles. The predicted molar refractivity (Wildman–Crippen MR) is 132 cm³/mol. The van der Waals surface area contributed by atoms with Crippen molar-refractivity contribution in [1.29, 1.82) is 0 Å². The Morgan fingerprint density at radius 1 is 1.00 bits per heavy atom. The summed E-state index contributed by atoms with van der Waals surface area (Å²) in [6, 6.07) is 12.4. The number of carbonyl (C=O) groups excluding carboxylic acids is 1. The quantitative estimate of drug-likeness (QED) is 0.443. The molecule has 0 bridgehead atoms. The molecule has 1 fully saturated rings. The van der Waals surface area contributed by atoms with E-state index in [9.17, 15) is 22.0 Å². The lowest BCUT2D eigenvalue weighted by atomic mass is 10.1. The van der Waals surface area contributed by atoms with Crippen LogP contribution in [0.5, 0.6) is 0 Å². The predicted octanol–water partition coefficient (Wildman–Crippen LogP) is 5.87. The van der Waals surface area contributed by atoms with E-state index in [0.717, 1.165) is 11.6 Å². The first-order valence-electron chi connectivity index (χ1n) is 10.9. The van der Waals surface area contributed by atoms with Crippen molar-refractivity contribution < 1.29 is 22.0 Å². The SMILES string of the molecule is Cc1ccc(N2CCCN(Cc3cc(F)ccc3Cl)C2=O)c(NS(=O)(=O)c2ccc(C)c(F)c2)c1. The number of hydrogen-bond acceptors (Lipinski definition) is 3. The van der Waals surface area contributed by atoms with Gasteiger partial charge >= 0.3 is 6.03 Å². The van der Waals surface area contributed by atoms with Crippen LogP contribution in [0.4, 0.5) is 25.0 Å². The highest BCUT2D eigenvalue weighted by molar-refractivity contribution is 7.92. The standard InChI is InChI=1S/C25H24ClF2N3O3S/c1-16-4-9-24(23(12-16)29-35(33,34)20-7-5-17(2)22(28)14-20)31-11-3-10-30(25(31)32)15-18-13-19(27)6-8-21(18)26/h4-9,12-14,29H,3,10-11,15H2,1-2H3. The summed E-state index contributed by atoms with van der Waals surface area (Å²) in [5.41, 5.74) is 2.15. The number of aryl methyl sites for hydroxylation is 2. The van der Waals surface area contributed by atoms with Crippen LogP contribution in [-0.4, -0.2) is 32.4 Å². The van der Waals surface area contributed by atoms with E-state index in [1.165, 1.54) is 40.1 Å². The van der Waals surface area contributed by atoms with Crippen LogP contribution >= 0.6 is 11.6 Å². The van der Waals surface area contributed by atoms with Gasteiger partial charge in [-0.3, -0.25) is 9.62 Å². The average Bonchev–Trinajstić information content (AvgIpc) is 2.79. The zero-order chi connectivity index (χ0) is 25.3. The highest BCUT2D eigenvalue weighted by atomic mass is 35.5. The van der Waals surface area contributed by atoms with Gasteiger partial charge in [0.1, 0.15) is 11.6 Å². The smallest absolute Gasteiger partial charge is 0.320 e. The van der Waals surface area contributed by atoms with E-state index < -0.39 is 21.7 Å². The van der Waals surface area contributed by atoms with Crippen molar-refractivity contribution in [2.45, 2.75) is 31.7 Å². The first kappa shape index (κ1) is 24.9. The van der Waals surface area contributed by atoms with E-state index in [4.69, 9.17) is 11.6 Å². The fourth-order valence-corrected chi connectivity index (χ4v) is 5.19. The molecule has 1 aliphatic heterocycles. The van der Waals surface area contributed by atoms with Crippen molar-refractivity contribution >= 4 is 39.0 Å². The third kappa shape index (κ3) is 5.41. The van der Waals surface area contributed by atoms with Gasteiger partial charge in [-0.25, -0.2) is 22.0 Å². The van der Waals surface area contributed by atoms with Gasteiger partial charge in [-0.15, -0.1) is 0 Å². The zero-order valence-corrected chi connectivity index (χ0v) is 20.8. The van der Waals surface area contributed by atoms with E-state index in [2.05, 4.69) is 4.72 Å². The third-order valence-corrected chi connectivity index (χ3v) is 7.55. The normalized spacial score (nSPS) is 14.4. The molecule has 0 aromatic heterocycles. The van der Waals surface area contributed by atoms with Gasteiger partial charge in [0.15, 0.2) is 0 Å². The molecule has 184 valence electrons. The van der Waals surface area contributed by atoms with Gasteiger partial charge in [-0.1, -0.05) is 23.7 Å². The molecule has 10 heteroatoms. The second-order valence-corrected chi connectivity index (χ2v) is 10.6. The molecular weight excluding hydrogens is 496 g/mol. The maximum absolute atomic E-state index is 14.0. The highest BCUT2D eigenvalue weighted by Crippen LogP contribution is 2.32. The molecule has 4 rings (SSSR count). The van der Waals surface area contributed by atoms with E-state index in [1.54, 1.807) is 32.0 Å². The molecule has 1 aliphatic rings. The van der Waals surface area contributed by atoms with Crippen LogP contribution < -0.4 is 9.62 Å². The molecule has 3 aromatic carbocycles. The Bertz CT molecular complexity index is 1400. The minimum absolute atomic E-state index is 0.113. The van der Waals surface area contributed by atoms with Gasteiger partial charge in [0.05, 0.1) is 16.3 Å². The van der Waals surface area contributed by atoms with Crippen LogP contribution in [0.25, 0.3) is 0 Å². The molecule has 2 amide bonds. The van der Waals surface area contributed by atoms with Crippen molar-refractivity contribution in [1.82, 2.24) is 4.90 Å². The maximum atomic E-state index is 14.0. The van der Waals surface area contributed by atoms with Gasteiger partial charge in [0, 0.05) is 24.7 Å². The largest absolute Gasteiger partial charge is 0.324 e. The van der Waals surface area contributed by atoms with Gasteiger partial charge in [0.25, 0.3) is 10.0 Å². The maximum Gasteiger partial charge on any atom is 0.324 e. The Morgan fingerprint density at radius 3 is 2.51 bits per heavy atom. The van der Waals surface area contributed by atoms with E-state index in [1.807, 2.05) is 0 Å². The summed E-state index contributed by atoms with van der Waals surface area (Å²) in [7, 11) is -4.12. The van der Waals surface area contributed by atoms with Crippen LogP contribution in [0.15, 0.2) is 59.5 Å². The van der Waals surface area contributed by atoms with Crippen LogP contribution in [0.3, 0.4) is 0 Å². The summed E-state index contributed by atoms with van der Waals surface area (Å²) in [6.07, 6.45) is 0.613.